The number of likely N-dealkylation sites (tertiary alicyclic amines) is 1. The second-order valence-corrected chi connectivity index (χ2v) is 6.83. The minimum atomic E-state index is 0.0462. The highest BCUT2D eigenvalue weighted by Crippen LogP contribution is 2.25. The maximum atomic E-state index is 12.7. The first-order valence-electron chi connectivity index (χ1n) is 8.82. The van der Waals surface area contributed by atoms with Gasteiger partial charge in [-0.05, 0) is 48.9 Å². The second kappa shape index (κ2) is 6.67. The van der Waals surface area contributed by atoms with Crippen molar-refractivity contribution in [3.8, 4) is 0 Å². The third kappa shape index (κ3) is 3.27. The topological polar surface area (TPSA) is 51.0 Å². The molecule has 1 atom stereocenters. The van der Waals surface area contributed by atoms with E-state index < -0.39 is 0 Å². The van der Waals surface area contributed by atoms with Gasteiger partial charge in [-0.25, -0.2) is 0 Å². The number of aromatic nitrogens is 3. The van der Waals surface area contributed by atoms with Crippen LogP contribution in [0.2, 0.25) is 0 Å². The summed E-state index contributed by atoms with van der Waals surface area (Å²) in [6.07, 6.45) is 6.84. The molecule has 2 aromatic heterocycles. The average molecular weight is 334 g/mol. The zero-order valence-electron chi connectivity index (χ0n) is 14.4. The van der Waals surface area contributed by atoms with Gasteiger partial charge in [-0.1, -0.05) is 18.2 Å². The summed E-state index contributed by atoms with van der Waals surface area (Å²) in [5, 5.41) is 5.47. The number of aryl methyl sites for hydroxylation is 1. The lowest BCUT2D eigenvalue weighted by atomic mass is 9.89. The number of carbonyl (C=O) groups is 1. The number of hydrogen-bond donors (Lipinski definition) is 0. The molecule has 0 unspecified atom stereocenters. The molecule has 0 radical (unpaired) electrons. The smallest absolute Gasteiger partial charge is 0.274 e. The second-order valence-electron chi connectivity index (χ2n) is 6.83. The van der Waals surface area contributed by atoms with Crippen LogP contribution in [-0.4, -0.2) is 38.7 Å². The number of nitrogens with zero attached hydrogens (tertiary/aromatic N) is 4. The largest absolute Gasteiger partial charge is 0.337 e. The van der Waals surface area contributed by atoms with E-state index in [1.54, 1.807) is 10.7 Å². The summed E-state index contributed by atoms with van der Waals surface area (Å²) in [7, 11) is 1.84. The van der Waals surface area contributed by atoms with Crippen molar-refractivity contribution in [2.75, 3.05) is 13.1 Å². The van der Waals surface area contributed by atoms with E-state index >= 15 is 0 Å². The van der Waals surface area contributed by atoms with Crippen LogP contribution < -0.4 is 0 Å². The molecule has 4 rings (SSSR count). The fraction of sp³-hybridized carbons (Fsp3) is 0.350. The van der Waals surface area contributed by atoms with Crippen LogP contribution in [0.4, 0.5) is 0 Å². The first-order valence-corrected chi connectivity index (χ1v) is 8.82. The Bertz CT molecular complexity index is 896. The molecule has 0 bridgehead atoms. The lowest BCUT2D eigenvalue weighted by Crippen LogP contribution is -2.40. The van der Waals surface area contributed by atoms with Gasteiger partial charge in [0.2, 0.25) is 0 Å². The van der Waals surface area contributed by atoms with Gasteiger partial charge in [0.05, 0.1) is 5.52 Å². The predicted octanol–water partition coefficient (Wildman–Crippen LogP) is 3.06. The van der Waals surface area contributed by atoms with E-state index in [4.69, 9.17) is 0 Å². The molecule has 25 heavy (non-hydrogen) atoms. The van der Waals surface area contributed by atoms with Crippen molar-refractivity contribution in [1.29, 1.82) is 0 Å². The van der Waals surface area contributed by atoms with Crippen molar-refractivity contribution in [3.05, 3.63) is 60.0 Å². The number of piperidine rings is 1. The Labute approximate surface area is 147 Å². The monoisotopic (exact) mass is 334 g/mol. The highest BCUT2D eigenvalue weighted by molar-refractivity contribution is 5.92. The van der Waals surface area contributed by atoms with Gasteiger partial charge in [0.1, 0.15) is 5.69 Å². The van der Waals surface area contributed by atoms with Crippen molar-refractivity contribution in [3.63, 3.8) is 0 Å². The number of amides is 1. The lowest BCUT2D eigenvalue weighted by molar-refractivity contribution is 0.0667. The van der Waals surface area contributed by atoms with Gasteiger partial charge >= 0.3 is 0 Å². The summed E-state index contributed by atoms with van der Waals surface area (Å²) in [5.41, 5.74) is 2.90. The highest BCUT2D eigenvalue weighted by atomic mass is 16.2. The predicted molar refractivity (Wildman–Crippen MR) is 97.3 cm³/mol. The number of rotatable bonds is 3. The van der Waals surface area contributed by atoms with Gasteiger partial charge in [-0.15, -0.1) is 0 Å². The van der Waals surface area contributed by atoms with Crippen molar-refractivity contribution >= 4 is 16.8 Å². The minimum Gasteiger partial charge on any atom is -0.337 e. The molecule has 5 heteroatoms. The molecule has 1 aromatic carbocycles. The van der Waals surface area contributed by atoms with Crippen LogP contribution in [0.15, 0.2) is 48.8 Å². The molecule has 0 N–H and O–H groups in total. The van der Waals surface area contributed by atoms with Gasteiger partial charge in [-0.3, -0.25) is 14.5 Å². The van der Waals surface area contributed by atoms with Crippen LogP contribution in [0.1, 0.15) is 28.9 Å². The molecule has 1 fully saturated rings. The Kier molecular flexibility index (Phi) is 4.22. The van der Waals surface area contributed by atoms with Crippen LogP contribution in [0.25, 0.3) is 10.9 Å². The van der Waals surface area contributed by atoms with Crippen molar-refractivity contribution < 1.29 is 4.79 Å². The van der Waals surface area contributed by atoms with E-state index in [2.05, 4.69) is 34.3 Å². The van der Waals surface area contributed by atoms with E-state index in [-0.39, 0.29) is 5.91 Å². The normalized spacial score (nSPS) is 17.8. The van der Waals surface area contributed by atoms with Crippen LogP contribution >= 0.6 is 0 Å². The van der Waals surface area contributed by atoms with E-state index in [9.17, 15) is 4.79 Å². The average Bonchev–Trinajstić information content (AvgIpc) is 3.08. The zero-order chi connectivity index (χ0) is 17.2. The summed E-state index contributed by atoms with van der Waals surface area (Å²) >= 11 is 0. The van der Waals surface area contributed by atoms with Crippen molar-refractivity contribution in [2.24, 2.45) is 13.0 Å². The van der Waals surface area contributed by atoms with Crippen LogP contribution in [0.5, 0.6) is 0 Å². The molecule has 1 aliphatic rings. The van der Waals surface area contributed by atoms with E-state index in [1.807, 2.05) is 30.4 Å². The Hall–Kier alpha value is -2.69. The van der Waals surface area contributed by atoms with Crippen LogP contribution in [-0.2, 0) is 13.5 Å². The third-order valence-corrected chi connectivity index (χ3v) is 4.98. The van der Waals surface area contributed by atoms with Crippen molar-refractivity contribution in [1.82, 2.24) is 19.7 Å². The number of benzene rings is 1. The lowest BCUT2D eigenvalue weighted by Gasteiger charge is -2.32. The molecule has 1 aliphatic heterocycles. The fourth-order valence-electron chi connectivity index (χ4n) is 3.76. The molecule has 128 valence electrons. The molecular formula is C20H22N4O. The van der Waals surface area contributed by atoms with Crippen LogP contribution in [0, 0.1) is 5.92 Å². The molecule has 5 nitrogen and oxygen atoms in total. The summed E-state index contributed by atoms with van der Waals surface area (Å²) in [6.45, 7) is 1.62. The highest BCUT2D eigenvalue weighted by Gasteiger charge is 2.26. The third-order valence-electron chi connectivity index (χ3n) is 4.98. The molecule has 0 aliphatic carbocycles. The van der Waals surface area contributed by atoms with Gasteiger partial charge in [0.15, 0.2) is 0 Å². The summed E-state index contributed by atoms with van der Waals surface area (Å²) in [5.74, 6) is 0.525. The SMILES string of the molecule is Cn1ccc(C(=O)N2CCC[C@H](Cc3cccc4ncccc34)C2)n1. The molecule has 3 heterocycles. The quantitative estimate of drug-likeness (QED) is 0.740. The molecular weight excluding hydrogens is 312 g/mol. The summed E-state index contributed by atoms with van der Waals surface area (Å²) in [4.78, 5) is 19.1. The van der Waals surface area contributed by atoms with E-state index in [1.165, 1.54) is 10.9 Å². The number of carbonyl (C=O) groups excluding carboxylic acids is 1. The minimum absolute atomic E-state index is 0.0462. The Morgan fingerprint density at radius 3 is 3.00 bits per heavy atom. The number of pyridine rings is 1. The van der Waals surface area contributed by atoms with Crippen molar-refractivity contribution in [2.45, 2.75) is 19.3 Å². The Morgan fingerprint density at radius 2 is 2.16 bits per heavy atom. The molecule has 0 saturated carbocycles. The van der Waals surface area contributed by atoms with Gasteiger partial charge < -0.3 is 4.90 Å². The Balaban J connectivity index is 1.50. The first-order chi connectivity index (χ1) is 12.2. The van der Waals surface area contributed by atoms with E-state index in [0.717, 1.165) is 37.9 Å². The number of fused-ring (bicyclic) bond motifs is 1. The fourth-order valence-corrected chi connectivity index (χ4v) is 3.76. The molecule has 1 amide bonds. The van der Waals surface area contributed by atoms with Gasteiger partial charge in [-0.2, -0.15) is 5.10 Å². The summed E-state index contributed by atoms with van der Waals surface area (Å²) in [6, 6.07) is 12.2. The maximum absolute atomic E-state index is 12.7. The standard InChI is InChI=1S/C20H22N4O/c1-23-12-9-19(22-23)20(25)24-11-4-5-15(14-24)13-16-6-2-8-18-17(16)7-3-10-21-18/h2-3,6-10,12,15H,4-5,11,13-14H2,1H3/t15-/m1/s1. The molecule has 0 spiro atoms. The van der Waals surface area contributed by atoms with Gasteiger partial charge in [0, 0.05) is 37.9 Å². The molecule has 3 aromatic rings. The number of hydrogen-bond acceptors (Lipinski definition) is 3. The van der Waals surface area contributed by atoms with E-state index in [0.29, 0.717) is 11.6 Å². The Morgan fingerprint density at radius 1 is 1.24 bits per heavy atom. The zero-order valence-corrected chi connectivity index (χ0v) is 14.4. The first kappa shape index (κ1) is 15.8. The summed E-state index contributed by atoms with van der Waals surface area (Å²) < 4.78 is 1.68. The van der Waals surface area contributed by atoms with Gasteiger partial charge in [0.25, 0.3) is 5.91 Å². The molecule has 1 saturated heterocycles. The van der Waals surface area contributed by atoms with Crippen LogP contribution in [0.3, 0.4) is 0 Å². The maximum Gasteiger partial charge on any atom is 0.274 e.